The topological polar surface area (TPSA) is 169 Å². The molecule has 0 rings (SSSR count). The number of unbranched alkanes of at least 4 members (excludes halogenated alkanes) is 6. The van der Waals surface area contributed by atoms with Crippen LogP contribution in [0.3, 0.4) is 0 Å². The number of amides is 1. The van der Waals surface area contributed by atoms with Gasteiger partial charge in [-0.3, -0.25) is 18.6 Å². The summed E-state index contributed by atoms with van der Waals surface area (Å²) in [5.41, 5.74) is 0. The van der Waals surface area contributed by atoms with E-state index in [0.29, 0.717) is 12.8 Å². The molecule has 0 aliphatic heterocycles. The molecule has 4 N–H and O–H groups in total. The zero-order valence-electron chi connectivity index (χ0n) is 41.3. The van der Waals surface area contributed by atoms with Gasteiger partial charge in [0, 0.05) is 12.8 Å². The molecule has 12 heteroatoms. The molecule has 3 unspecified atom stereocenters. The minimum Gasteiger partial charge on any atom is -0.480 e. The Bertz CT molecular complexity index is 1700. The van der Waals surface area contributed by atoms with Crippen LogP contribution in [0.2, 0.25) is 0 Å². The molecule has 68 heavy (non-hydrogen) atoms. The number of carbonyl (C=O) groups is 3. The van der Waals surface area contributed by atoms with Gasteiger partial charge in [-0.1, -0.05) is 173 Å². The van der Waals surface area contributed by atoms with Crippen LogP contribution in [0.25, 0.3) is 0 Å². The molecular weight excluding hydrogens is 878 g/mol. The van der Waals surface area contributed by atoms with Crippen LogP contribution in [0, 0.1) is 0 Å². The summed E-state index contributed by atoms with van der Waals surface area (Å²) in [5, 5.41) is 21.9. The zero-order valence-corrected chi connectivity index (χ0v) is 42.2. The third-order valence-corrected chi connectivity index (χ3v) is 10.6. The van der Waals surface area contributed by atoms with Gasteiger partial charge in [-0.2, -0.15) is 0 Å². The molecule has 1 amide bonds. The Hall–Kier alpha value is -4.64. The van der Waals surface area contributed by atoms with Crippen molar-refractivity contribution in [3.05, 3.63) is 146 Å². The highest BCUT2D eigenvalue weighted by molar-refractivity contribution is 7.47. The van der Waals surface area contributed by atoms with Crippen molar-refractivity contribution in [2.45, 2.75) is 167 Å². The lowest BCUT2D eigenvalue weighted by Crippen LogP contribution is -2.43. The first-order valence-corrected chi connectivity index (χ1v) is 26.4. The number of carboxylic acids is 1. The Balaban J connectivity index is 4.01. The molecule has 0 aliphatic carbocycles. The number of aliphatic carboxylic acids is 1. The van der Waals surface area contributed by atoms with E-state index in [-0.39, 0.29) is 12.8 Å². The fourth-order valence-corrected chi connectivity index (χ4v) is 6.62. The first-order chi connectivity index (χ1) is 33.1. The largest absolute Gasteiger partial charge is 0.480 e. The summed E-state index contributed by atoms with van der Waals surface area (Å²) in [7, 11) is -4.79. The number of carboxylic acid groups (broad SMARTS) is 1. The molecule has 0 aromatic heterocycles. The molecule has 0 saturated carbocycles. The summed E-state index contributed by atoms with van der Waals surface area (Å²) in [6.07, 6.45) is 68.7. The number of aliphatic hydroxyl groups excluding tert-OH is 1. The van der Waals surface area contributed by atoms with Crippen LogP contribution in [-0.2, 0) is 32.7 Å². The first kappa shape index (κ1) is 63.4. The van der Waals surface area contributed by atoms with Gasteiger partial charge in [0.05, 0.1) is 13.2 Å². The summed E-state index contributed by atoms with van der Waals surface area (Å²) in [6, 6.07) is -1.58. The van der Waals surface area contributed by atoms with Crippen LogP contribution >= 0.6 is 7.82 Å². The normalized spacial score (nSPS) is 14.8. The number of rotatable bonds is 44. The number of esters is 1. The predicted molar refractivity (Wildman–Crippen MR) is 281 cm³/mol. The second-order valence-corrected chi connectivity index (χ2v) is 17.3. The monoisotopic (exact) mass is 964 g/mol. The van der Waals surface area contributed by atoms with Crippen molar-refractivity contribution >= 4 is 25.7 Å². The number of aliphatic hydroxyl groups is 1. The number of nitrogens with one attached hydrogen (secondary N) is 1. The Morgan fingerprint density at radius 2 is 0.809 bits per heavy atom. The van der Waals surface area contributed by atoms with Crippen LogP contribution in [-0.4, -0.2) is 64.9 Å². The van der Waals surface area contributed by atoms with Gasteiger partial charge < -0.3 is 25.2 Å². The van der Waals surface area contributed by atoms with E-state index < -0.39 is 57.6 Å². The number of phosphoric acid groups is 1. The summed E-state index contributed by atoms with van der Waals surface area (Å²) >= 11 is 0. The second kappa shape index (κ2) is 48.8. The Morgan fingerprint density at radius 1 is 0.471 bits per heavy atom. The predicted octanol–water partition coefficient (Wildman–Crippen LogP) is 13.9. The minimum absolute atomic E-state index is 0.103. The maximum atomic E-state index is 12.4. The maximum absolute atomic E-state index is 12.4. The number of hydrogen-bond acceptors (Lipinski definition) is 8. The summed E-state index contributed by atoms with van der Waals surface area (Å²) in [6.45, 7) is 2.29. The molecule has 0 bridgehead atoms. The van der Waals surface area contributed by atoms with E-state index in [4.69, 9.17) is 13.8 Å². The quantitative estimate of drug-likeness (QED) is 0.0200. The standard InChI is InChI=1S/C56H86NO10P/c1-3-5-7-9-11-13-15-17-19-21-23-25-26-28-29-31-33-35-37-39-41-43-45-47-54(59)57-53(56(61)62)51-67-68(63,64)66-50-52(58)49-65-55(60)48-46-44-42-40-38-36-34-32-30-27-24-22-20-18-16-14-12-10-8-6-4-2/h5-8,11-14,17-20,23-25,27-29,32-35,38,40,52-53,58H,3-4,9-10,15-16,21-22,26,30-31,36-37,39,41-51H2,1-2H3,(H,57,59)(H,61,62)(H,63,64)/b7-5-,8-6-,13-11-,14-12-,19-17-,20-18-,25-23-,27-24-,29-28-,34-32-,35-33-,40-38-. The molecule has 0 aromatic carbocycles. The van der Waals surface area contributed by atoms with Crippen LogP contribution in [0.1, 0.15) is 155 Å². The van der Waals surface area contributed by atoms with Gasteiger partial charge in [-0.25, -0.2) is 9.36 Å². The van der Waals surface area contributed by atoms with E-state index in [1.54, 1.807) is 0 Å². The van der Waals surface area contributed by atoms with Crippen LogP contribution < -0.4 is 5.32 Å². The minimum atomic E-state index is -4.79. The maximum Gasteiger partial charge on any atom is 0.472 e. The molecule has 0 radical (unpaired) electrons. The van der Waals surface area contributed by atoms with E-state index in [2.05, 4.69) is 165 Å². The molecule has 0 heterocycles. The third-order valence-electron chi connectivity index (χ3n) is 9.62. The van der Waals surface area contributed by atoms with E-state index >= 15 is 0 Å². The highest BCUT2D eigenvalue weighted by Gasteiger charge is 2.28. The van der Waals surface area contributed by atoms with Crippen molar-refractivity contribution in [3.63, 3.8) is 0 Å². The van der Waals surface area contributed by atoms with Crippen LogP contribution in [0.15, 0.2) is 146 Å². The third kappa shape index (κ3) is 47.8. The fraction of sp³-hybridized carbons (Fsp3) is 0.518. The number of allylic oxidation sites excluding steroid dienone is 24. The van der Waals surface area contributed by atoms with E-state index in [0.717, 1.165) is 116 Å². The van der Waals surface area contributed by atoms with Gasteiger partial charge in [-0.15, -0.1) is 0 Å². The fourth-order valence-electron chi connectivity index (χ4n) is 5.85. The Kier molecular flexibility index (Phi) is 45.5. The van der Waals surface area contributed by atoms with Crippen LogP contribution in [0.4, 0.5) is 0 Å². The molecular formula is C56H86NO10P. The number of hydrogen-bond donors (Lipinski definition) is 4. The van der Waals surface area contributed by atoms with Gasteiger partial charge in [0.15, 0.2) is 6.04 Å². The average Bonchev–Trinajstić information content (AvgIpc) is 3.32. The van der Waals surface area contributed by atoms with Crippen molar-refractivity contribution in [2.75, 3.05) is 19.8 Å². The van der Waals surface area contributed by atoms with Crippen molar-refractivity contribution < 1.29 is 47.8 Å². The van der Waals surface area contributed by atoms with Gasteiger partial charge in [0.2, 0.25) is 5.91 Å². The first-order valence-electron chi connectivity index (χ1n) is 24.9. The van der Waals surface area contributed by atoms with Gasteiger partial charge in [-0.05, 0) is 116 Å². The highest BCUT2D eigenvalue weighted by Crippen LogP contribution is 2.43. The highest BCUT2D eigenvalue weighted by atomic mass is 31.2. The molecule has 0 fully saturated rings. The second-order valence-electron chi connectivity index (χ2n) is 15.9. The average molecular weight is 964 g/mol. The number of phosphoric ester groups is 1. The van der Waals surface area contributed by atoms with Crippen molar-refractivity contribution in [2.24, 2.45) is 0 Å². The van der Waals surface area contributed by atoms with Crippen molar-refractivity contribution in [1.82, 2.24) is 5.32 Å². The van der Waals surface area contributed by atoms with E-state index in [9.17, 15) is 34.1 Å². The van der Waals surface area contributed by atoms with Gasteiger partial charge >= 0.3 is 19.8 Å². The molecule has 0 saturated heterocycles. The van der Waals surface area contributed by atoms with E-state index in [1.165, 1.54) is 0 Å². The van der Waals surface area contributed by atoms with Gasteiger partial charge in [0.25, 0.3) is 0 Å². The molecule has 0 aromatic rings. The summed E-state index contributed by atoms with van der Waals surface area (Å²) < 4.78 is 26.9. The van der Waals surface area contributed by atoms with E-state index in [1.807, 2.05) is 0 Å². The Labute approximate surface area is 410 Å². The van der Waals surface area contributed by atoms with Crippen molar-refractivity contribution in [3.8, 4) is 0 Å². The summed E-state index contributed by atoms with van der Waals surface area (Å²) in [5.74, 6) is -2.48. The lowest BCUT2D eigenvalue weighted by atomic mass is 10.1. The lowest BCUT2D eigenvalue weighted by molar-refractivity contribution is -0.147. The van der Waals surface area contributed by atoms with Crippen LogP contribution in [0.5, 0.6) is 0 Å². The number of carbonyl (C=O) groups excluding carboxylic acids is 2. The smallest absolute Gasteiger partial charge is 0.472 e. The lowest BCUT2D eigenvalue weighted by Gasteiger charge is -2.18. The molecule has 3 atom stereocenters. The SMILES string of the molecule is CC/C=C\C/C=C\C/C=C\C/C=C\C/C=C\C/C=C\CCCCCCC(=O)NC(COP(=O)(O)OCC(O)COC(=O)CCCC/C=C\C/C=C\C/C=C\C/C=C\C/C=C\C/C=C\CC)C(=O)O. The number of ether oxygens (including phenoxy) is 1. The molecule has 11 nitrogen and oxygen atoms in total. The molecule has 0 spiro atoms. The summed E-state index contributed by atoms with van der Waals surface area (Å²) in [4.78, 5) is 46.1. The van der Waals surface area contributed by atoms with Gasteiger partial charge in [0.1, 0.15) is 12.7 Å². The molecule has 380 valence electrons. The van der Waals surface area contributed by atoms with Crippen molar-refractivity contribution in [1.29, 1.82) is 0 Å². The Morgan fingerprint density at radius 3 is 1.21 bits per heavy atom. The zero-order chi connectivity index (χ0) is 49.9. The molecule has 0 aliphatic rings.